The average Bonchev–Trinajstić information content (AvgIpc) is 2.64. The van der Waals surface area contributed by atoms with Crippen molar-refractivity contribution in [2.24, 2.45) is 0 Å². The lowest BCUT2D eigenvalue weighted by molar-refractivity contribution is 0.125. The fourth-order valence-electron chi connectivity index (χ4n) is 3.84. The van der Waals surface area contributed by atoms with Crippen molar-refractivity contribution in [2.75, 3.05) is 18.0 Å². The highest BCUT2D eigenvalue weighted by Crippen LogP contribution is 2.39. The Balaban J connectivity index is 1.61. The molecule has 1 aromatic heterocycles. The van der Waals surface area contributed by atoms with Crippen LogP contribution in [0, 0.1) is 6.92 Å². The number of nitrogens with one attached hydrogen (secondary N) is 1. The topological polar surface area (TPSA) is 36.1 Å². The Kier molecular flexibility index (Phi) is 3.83. The molecule has 128 valence electrons. The van der Waals surface area contributed by atoms with Gasteiger partial charge in [-0.1, -0.05) is 30.3 Å². The number of alkyl halides is 1. The largest absolute Gasteiger partial charge is 0.371 e. The van der Waals surface area contributed by atoms with Gasteiger partial charge in [-0.05, 0) is 36.2 Å². The third kappa shape index (κ3) is 2.82. The number of hydrogen-bond donors (Lipinski definition) is 1. The minimum absolute atomic E-state index is 0.0947. The van der Waals surface area contributed by atoms with Gasteiger partial charge in [0.25, 0.3) is 0 Å². The van der Waals surface area contributed by atoms with Crippen LogP contribution in [-0.4, -0.2) is 18.1 Å². The minimum atomic E-state index is -1.24. The summed E-state index contributed by atoms with van der Waals surface area (Å²) in [7, 11) is 0. The second-order valence-corrected chi connectivity index (χ2v) is 6.81. The number of benzene rings is 2. The maximum absolute atomic E-state index is 15.3. The van der Waals surface area contributed by atoms with E-state index in [1.807, 2.05) is 48.5 Å². The molecule has 0 aliphatic carbocycles. The number of hydrogen-bond acceptors (Lipinski definition) is 2. The highest BCUT2D eigenvalue weighted by atomic mass is 19.1. The molecule has 0 bridgehead atoms. The molecule has 4 heteroatoms. The molecule has 1 aliphatic rings. The van der Waals surface area contributed by atoms with E-state index in [2.05, 4.69) is 16.8 Å². The molecule has 2 heterocycles. The van der Waals surface area contributed by atoms with E-state index < -0.39 is 5.67 Å². The number of fused-ring (bicyclic) bond motifs is 1. The van der Waals surface area contributed by atoms with Gasteiger partial charge in [0.1, 0.15) is 5.67 Å². The Morgan fingerprint density at radius 3 is 2.44 bits per heavy atom. The van der Waals surface area contributed by atoms with Gasteiger partial charge >= 0.3 is 0 Å². The number of anilines is 1. The van der Waals surface area contributed by atoms with Gasteiger partial charge < -0.3 is 9.88 Å². The molecule has 4 rings (SSSR count). The fourth-order valence-corrected chi connectivity index (χ4v) is 3.84. The van der Waals surface area contributed by atoms with Crippen LogP contribution in [0.4, 0.5) is 10.1 Å². The Bertz CT molecular complexity index is 957. The number of rotatable bonds is 2. The Morgan fingerprint density at radius 1 is 1.00 bits per heavy atom. The summed E-state index contributed by atoms with van der Waals surface area (Å²) >= 11 is 0. The molecular weight excluding hydrogens is 315 g/mol. The van der Waals surface area contributed by atoms with Crippen LogP contribution in [0.5, 0.6) is 0 Å². The van der Waals surface area contributed by atoms with Gasteiger partial charge in [-0.2, -0.15) is 0 Å². The SMILES string of the molecule is Cc1c(N2CCC(F)(c3ccccc3)CC2)ccc2[nH]c(=O)ccc12. The smallest absolute Gasteiger partial charge is 0.248 e. The zero-order chi connectivity index (χ0) is 17.4. The summed E-state index contributed by atoms with van der Waals surface area (Å²) in [5.41, 5.74) is 2.53. The van der Waals surface area contributed by atoms with Crippen molar-refractivity contribution in [2.45, 2.75) is 25.4 Å². The summed E-state index contributed by atoms with van der Waals surface area (Å²) in [5, 5.41) is 1.04. The van der Waals surface area contributed by atoms with Crippen LogP contribution in [0.15, 0.2) is 59.4 Å². The van der Waals surface area contributed by atoms with Crippen molar-refractivity contribution in [1.82, 2.24) is 4.98 Å². The van der Waals surface area contributed by atoms with E-state index in [1.54, 1.807) is 6.07 Å². The second kappa shape index (κ2) is 6.03. The number of aryl methyl sites for hydroxylation is 1. The molecule has 0 saturated carbocycles. The molecule has 1 N–H and O–H groups in total. The standard InChI is InChI=1S/C21H21FN2O/c1-15-17-7-10-20(25)23-18(17)8-9-19(15)24-13-11-21(22,12-14-24)16-5-3-2-4-6-16/h2-10H,11-14H2,1H3,(H,23,25). The summed E-state index contributed by atoms with van der Waals surface area (Å²) in [6.45, 7) is 3.42. The number of halogens is 1. The number of pyridine rings is 1. The van der Waals surface area contributed by atoms with Gasteiger partial charge in [-0.3, -0.25) is 4.79 Å². The van der Waals surface area contributed by atoms with Crippen molar-refractivity contribution in [3.63, 3.8) is 0 Å². The molecular formula is C21H21FN2O. The van der Waals surface area contributed by atoms with Crippen LogP contribution in [0.1, 0.15) is 24.0 Å². The van der Waals surface area contributed by atoms with Gasteiger partial charge in [-0.25, -0.2) is 4.39 Å². The first-order valence-corrected chi connectivity index (χ1v) is 8.69. The lowest BCUT2D eigenvalue weighted by Crippen LogP contribution is -2.40. The Hall–Kier alpha value is -2.62. The molecule has 3 nitrogen and oxygen atoms in total. The molecule has 0 amide bonds. The van der Waals surface area contributed by atoms with Gasteiger partial charge in [0.05, 0.1) is 0 Å². The van der Waals surface area contributed by atoms with E-state index in [0.29, 0.717) is 25.9 Å². The molecule has 1 saturated heterocycles. The van der Waals surface area contributed by atoms with Crippen LogP contribution in [-0.2, 0) is 5.67 Å². The molecule has 0 atom stereocenters. The number of aromatic nitrogens is 1. The molecule has 0 spiro atoms. The van der Waals surface area contributed by atoms with Crippen molar-refractivity contribution in [3.8, 4) is 0 Å². The molecule has 1 fully saturated rings. The number of H-pyrrole nitrogens is 1. The van der Waals surface area contributed by atoms with Crippen LogP contribution in [0.3, 0.4) is 0 Å². The predicted octanol–water partition coefficient (Wildman–Crippen LogP) is 4.30. The van der Waals surface area contributed by atoms with Gasteiger partial charge in [0.15, 0.2) is 0 Å². The van der Waals surface area contributed by atoms with Crippen LogP contribution >= 0.6 is 0 Å². The highest BCUT2D eigenvalue weighted by Gasteiger charge is 2.36. The zero-order valence-corrected chi connectivity index (χ0v) is 14.3. The number of aromatic amines is 1. The molecule has 0 radical (unpaired) electrons. The van der Waals surface area contributed by atoms with Gasteiger partial charge in [0, 0.05) is 48.6 Å². The normalized spacial score (nSPS) is 17.0. The van der Waals surface area contributed by atoms with Gasteiger partial charge in [-0.15, -0.1) is 0 Å². The Labute approximate surface area is 146 Å². The predicted molar refractivity (Wildman–Crippen MR) is 100.0 cm³/mol. The summed E-state index contributed by atoms with van der Waals surface area (Å²) in [4.78, 5) is 16.6. The second-order valence-electron chi connectivity index (χ2n) is 6.81. The molecule has 1 aliphatic heterocycles. The fraction of sp³-hybridized carbons (Fsp3) is 0.286. The first-order chi connectivity index (χ1) is 12.1. The third-order valence-corrected chi connectivity index (χ3v) is 5.33. The molecule has 25 heavy (non-hydrogen) atoms. The van der Waals surface area contributed by atoms with Crippen molar-refractivity contribution < 1.29 is 4.39 Å². The highest BCUT2D eigenvalue weighted by molar-refractivity contribution is 5.87. The monoisotopic (exact) mass is 336 g/mol. The number of nitrogens with zero attached hydrogens (tertiary/aromatic N) is 1. The van der Waals surface area contributed by atoms with Crippen LogP contribution in [0.25, 0.3) is 10.9 Å². The van der Waals surface area contributed by atoms with E-state index in [1.165, 1.54) is 0 Å². The summed E-state index contributed by atoms with van der Waals surface area (Å²) in [6.07, 6.45) is 0.972. The maximum Gasteiger partial charge on any atom is 0.248 e. The quantitative estimate of drug-likeness (QED) is 0.757. The summed E-state index contributed by atoms with van der Waals surface area (Å²) < 4.78 is 15.3. The lowest BCUT2D eigenvalue weighted by atomic mass is 9.86. The van der Waals surface area contributed by atoms with Crippen molar-refractivity contribution in [3.05, 3.63) is 76.1 Å². The zero-order valence-electron chi connectivity index (χ0n) is 14.3. The van der Waals surface area contributed by atoms with Crippen LogP contribution in [0.2, 0.25) is 0 Å². The van der Waals surface area contributed by atoms with E-state index in [4.69, 9.17) is 0 Å². The maximum atomic E-state index is 15.3. The molecule has 3 aromatic rings. The summed E-state index contributed by atoms with van der Waals surface area (Å²) in [5.74, 6) is 0. The molecule has 2 aromatic carbocycles. The first kappa shape index (κ1) is 15.9. The van der Waals surface area contributed by atoms with Gasteiger partial charge in [0.2, 0.25) is 5.56 Å². The van der Waals surface area contributed by atoms with E-state index in [9.17, 15) is 4.79 Å². The van der Waals surface area contributed by atoms with Crippen molar-refractivity contribution in [1.29, 1.82) is 0 Å². The minimum Gasteiger partial charge on any atom is -0.371 e. The van der Waals surface area contributed by atoms with E-state index >= 15 is 4.39 Å². The Morgan fingerprint density at radius 2 is 1.72 bits per heavy atom. The first-order valence-electron chi connectivity index (χ1n) is 8.69. The van der Waals surface area contributed by atoms with E-state index in [0.717, 1.165) is 27.7 Å². The average molecular weight is 336 g/mol. The number of piperidine rings is 1. The van der Waals surface area contributed by atoms with Crippen LogP contribution < -0.4 is 10.5 Å². The summed E-state index contributed by atoms with van der Waals surface area (Å²) in [6, 6.07) is 16.9. The lowest BCUT2D eigenvalue weighted by Gasteiger charge is -2.38. The van der Waals surface area contributed by atoms with Crippen molar-refractivity contribution >= 4 is 16.6 Å². The van der Waals surface area contributed by atoms with E-state index in [-0.39, 0.29) is 5.56 Å². The third-order valence-electron chi connectivity index (χ3n) is 5.33. The molecule has 0 unspecified atom stereocenters.